The zero-order chi connectivity index (χ0) is 94.8. The van der Waals surface area contributed by atoms with Gasteiger partial charge in [-0.3, -0.25) is 19.2 Å². The molecule has 12 aromatic rings. The van der Waals surface area contributed by atoms with E-state index >= 15 is 0 Å². The second-order valence-electron chi connectivity index (χ2n) is 33.6. The number of halogens is 2. The smallest absolute Gasteiger partial charge is 0.224 e. The zero-order valence-corrected chi connectivity index (χ0v) is 77.1. The van der Waals surface area contributed by atoms with E-state index in [0.29, 0.717) is 122 Å². The molecule has 0 fully saturated rings. The molecule has 133 heavy (non-hydrogen) atoms. The minimum absolute atomic E-state index is 0.00495. The fraction of sp³-hybridized carbons (Fsp3) is 0.321. The maximum atomic E-state index is 14.2. The third-order valence-electron chi connectivity index (χ3n) is 25.7. The van der Waals surface area contributed by atoms with Crippen LogP contribution < -0.4 is 63.9 Å². The van der Waals surface area contributed by atoms with E-state index in [1.165, 1.54) is 91.8 Å². The largest absolute Gasteiger partial charge is 0.502 e. The number of fused-ring (bicyclic) bond motifs is 4. The van der Waals surface area contributed by atoms with Crippen molar-refractivity contribution in [1.82, 2.24) is 21.3 Å². The van der Waals surface area contributed by atoms with Gasteiger partial charge >= 0.3 is 0 Å². The molecule has 698 valence electrons. The number of nitrogens with one attached hydrogen (secondary N) is 4. The molecular weight excluding hydrogens is 1700 g/mol. The molecule has 8 N–H and O–H groups in total. The summed E-state index contributed by atoms with van der Waals surface area (Å²) in [4.78, 5) is 51.0. The second-order valence-corrected chi connectivity index (χ2v) is 33.6. The molecule has 8 aromatic carbocycles. The van der Waals surface area contributed by atoms with Gasteiger partial charge in [-0.05, 0) is 293 Å². The van der Waals surface area contributed by atoms with E-state index < -0.39 is 0 Å². The topological polar surface area (TPSA) is 333 Å². The standard InChI is InChI=1S/C27H29NO6.C27H31NO5.C26H28FNO5.C26H26FNO5/c1-16-21(10-17-11-24(32-3)27(30)25(12-17)33-4)20-8-7-18(31-2)13-23(20)22(16)14-26(29)28-15-19-6-5-9-34-19;1-16-7-8-20-21(11-18-12-24(31-3)27(30)25(13-18)32-4)17(2)22(23(20)10-16)14-26(29)28-15-19-6-5-9-33-19;2*1-15-20(9-16-10-23(31-2)26(30)24(11-16)32-3)19-7-6-17(27)12-22(19)21(15)13-25(29)28-14-18-5-4-8-33-18/h5-9,11-13,22,30H,10,14-15H2,1-4H3,(H,28,29);5-10,12-13,17,21-22,30H,11,14-15H2,1-4H3,(H,28,29);4-8,10-12,15,20-21,30H,9,13-14H2,1-3H3,(H,28,29);4-8,10-12,20,30H,9,13-14H2,1-3H3,(H,28,29). The molecule has 4 heterocycles. The molecule has 4 amide bonds. The Labute approximate surface area is 772 Å². The lowest BCUT2D eigenvalue weighted by atomic mass is 9.83. The van der Waals surface area contributed by atoms with Crippen molar-refractivity contribution in [2.75, 3.05) is 64.0 Å². The number of carbonyl (C=O) groups excluding carboxylic acids is 4. The molecular formula is C106H114F2N4O21. The van der Waals surface area contributed by atoms with Gasteiger partial charge in [-0.25, -0.2) is 8.78 Å². The van der Waals surface area contributed by atoms with Crippen LogP contribution in [0, 0.1) is 30.4 Å². The number of benzene rings is 8. The third kappa shape index (κ3) is 22.6. The van der Waals surface area contributed by atoms with Gasteiger partial charge in [-0.15, -0.1) is 0 Å². The number of allylic oxidation sites excluding steroid dienone is 3. The zero-order valence-electron chi connectivity index (χ0n) is 77.1. The molecule has 0 aliphatic heterocycles. The highest BCUT2D eigenvalue weighted by molar-refractivity contribution is 5.93. The summed E-state index contributed by atoms with van der Waals surface area (Å²) in [5, 5.41) is 52.7. The van der Waals surface area contributed by atoms with Crippen LogP contribution in [-0.4, -0.2) is 108 Å². The van der Waals surface area contributed by atoms with Gasteiger partial charge in [0.15, 0.2) is 46.0 Å². The first-order valence-electron chi connectivity index (χ1n) is 43.9. The van der Waals surface area contributed by atoms with Crippen LogP contribution in [0.25, 0.3) is 11.1 Å². The maximum Gasteiger partial charge on any atom is 0.224 e. The summed E-state index contributed by atoms with van der Waals surface area (Å²) in [7, 11) is 13.7. The minimum atomic E-state index is -0.344. The number of phenols is 4. The number of amides is 4. The molecule has 27 heteroatoms. The third-order valence-corrected chi connectivity index (χ3v) is 25.7. The summed E-state index contributed by atoms with van der Waals surface area (Å²) in [6, 6.07) is 51.0. The molecule has 16 rings (SSSR count). The Kier molecular flexibility index (Phi) is 31.7. The lowest BCUT2D eigenvalue weighted by molar-refractivity contribution is -0.122. The molecule has 4 aromatic heterocycles. The Balaban J connectivity index is 0.000000151. The first kappa shape index (κ1) is 96.1. The van der Waals surface area contributed by atoms with Crippen molar-refractivity contribution in [3.8, 4) is 74.7 Å². The summed E-state index contributed by atoms with van der Waals surface area (Å²) in [6.07, 6.45) is 10.0. The van der Waals surface area contributed by atoms with Gasteiger partial charge in [-0.2, -0.15) is 0 Å². The van der Waals surface area contributed by atoms with Crippen LogP contribution in [-0.2, 0) is 71.0 Å². The predicted molar refractivity (Wildman–Crippen MR) is 497 cm³/mol. The Bertz CT molecular complexity index is 5850. The first-order chi connectivity index (χ1) is 64.2. The van der Waals surface area contributed by atoms with Crippen LogP contribution in [0.1, 0.15) is 184 Å². The molecule has 4 aliphatic carbocycles. The SMILES string of the molecule is COc1cc(CC2C(C)=C(CC(=O)NCc3ccco3)c3cc(F)ccc32)cc(OC)c1O.COc1cc(CC2c3ccc(C)cc3C(CC(=O)NCc3ccco3)C2C)cc(OC)c1O.COc1cc(CC2c3ccc(F)cc3C(CC(=O)NCc3ccco3)C2C)cc(OC)c1O.COc1ccc2c(c1)C(CC(=O)NCc1ccco1)C(C)=C2Cc1cc(OC)c(O)c(OC)c1. The van der Waals surface area contributed by atoms with Gasteiger partial charge < -0.3 is 102 Å². The minimum Gasteiger partial charge on any atom is -0.502 e. The van der Waals surface area contributed by atoms with Crippen LogP contribution in [0.3, 0.4) is 0 Å². The highest BCUT2D eigenvalue weighted by Crippen LogP contribution is 2.55. The van der Waals surface area contributed by atoms with Crippen molar-refractivity contribution >= 4 is 34.8 Å². The Hall–Kier alpha value is -14.5. The summed E-state index contributed by atoms with van der Waals surface area (Å²) < 4.78 is 97.4. The number of furan rings is 4. The van der Waals surface area contributed by atoms with E-state index in [1.54, 1.807) is 98.9 Å². The molecule has 4 aliphatic rings. The van der Waals surface area contributed by atoms with Crippen LogP contribution in [0.15, 0.2) is 224 Å². The number of rotatable bonds is 33. The van der Waals surface area contributed by atoms with E-state index in [9.17, 15) is 48.4 Å². The van der Waals surface area contributed by atoms with E-state index in [1.807, 2.05) is 73.7 Å². The van der Waals surface area contributed by atoms with Crippen molar-refractivity contribution in [3.63, 3.8) is 0 Å². The van der Waals surface area contributed by atoms with Gasteiger partial charge in [0.25, 0.3) is 0 Å². The quantitative estimate of drug-likeness (QED) is 0.0189. The van der Waals surface area contributed by atoms with Crippen LogP contribution >= 0.6 is 0 Å². The average Bonchev–Trinajstić information content (AvgIpc) is 1.62. The molecule has 25 nitrogen and oxygen atoms in total. The highest BCUT2D eigenvalue weighted by Gasteiger charge is 2.42. The van der Waals surface area contributed by atoms with Gasteiger partial charge in [-0.1, -0.05) is 67.0 Å². The summed E-state index contributed by atoms with van der Waals surface area (Å²) >= 11 is 0. The summed E-state index contributed by atoms with van der Waals surface area (Å²) in [5.41, 5.74) is 17.4. The molecule has 8 unspecified atom stereocenters. The molecule has 0 radical (unpaired) electrons. The number of hydrogen-bond acceptors (Lipinski definition) is 21. The monoisotopic (exact) mass is 1820 g/mol. The fourth-order valence-corrected chi connectivity index (χ4v) is 18.7. The van der Waals surface area contributed by atoms with Crippen molar-refractivity contribution < 1.29 is 109 Å². The number of phenolic OH excluding ortho intramolecular Hbond substituents is 4. The van der Waals surface area contributed by atoms with Gasteiger partial charge in [0.1, 0.15) is 40.4 Å². The van der Waals surface area contributed by atoms with Crippen LogP contribution in [0.2, 0.25) is 0 Å². The Morgan fingerprint density at radius 2 is 0.699 bits per heavy atom. The number of hydrogen-bond donors (Lipinski definition) is 8. The molecule has 0 saturated heterocycles. The molecule has 0 saturated carbocycles. The maximum absolute atomic E-state index is 14.2. The van der Waals surface area contributed by atoms with Gasteiger partial charge in [0.05, 0.1) is 122 Å². The highest BCUT2D eigenvalue weighted by atomic mass is 19.1. The van der Waals surface area contributed by atoms with Crippen LogP contribution in [0.5, 0.6) is 74.7 Å². The number of methoxy groups -OCH3 is 9. The van der Waals surface area contributed by atoms with Gasteiger partial charge in [0.2, 0.25) is 46.6 Å². The first-order valence-corrected chi connectivity index (χ1v) is 43.9. The predicted octanol–water partition coefficient (Wildman–Crippen LogP) is 19.8. The van der Waals surface area contributed by atoms with E-state index in [4.69, 9.17) is 60.3 Å². The number of aromatic hydroxyl groups is 4. The molecule has 8 atom stereocenters. The Morgan fingerprint density at radius 1 is 0.338 bits per heavy atom. The normalized spacial score (nSPS) is 17.0. The fourth-order valence-electron chi connectivity index (χ4n) is 18.7. The summed E-state index contributed by atoms with van der Waals surface area (Å²) in [5.74, 6) is 5.87. The molecule has 0 bridgehead atoms. The number of carbonyl (C=O) groups is 4. The lowest BCUT2D eigenvalue weighted by Crippen LogP contribution is -2.25. The van der Waals surface area contributed by atoms with E-state index in [0.717, 1.165) is 95.9 Å². The number of ether oxygens (including phenoxy) is 9. The average molecular weight is 1820 g/mol. The van der Waals surface area contributed by atoms with Crippen LogP contribution in [0.4, 0.5) is 8.78 Å². The van der Waals surface area contributed by atoms with Crippen molar-refractivity contribution in [2.45, 2.75) is 148 Å². The second kappa shape index (κ2) is 43.9. The van der Waals surface area contributed by atoms with Crippen molar-refractivity contribution in [2.24, 2.45) is 11.8 Å². The Morgan fingerprint density at radius 3 is 1.10 bits per heavy atom. The lowest BCUT2D eigenvalue weighted by Gasteiger charge is -2.22. The number of aryl methyl sites for hydroxylation is 1. The van der Waals surface area contributed by atoms with E-state index in [-0.39, 0.29) is 118 Å². The van der Waals surface area contributed by atoms with E-state index in [2.05, 4.69) is 67.2 Å². The van der Waals surface area contributed by atoms with Crippen molar-refractivity contribution in [1.29, 1.82) is 0 Å². The van der Waals surface area contributed by atoms with Gasteiger partial charge in [0, 0.05) is 31.1 Å². The van der Waals surface area contributed by atoms with Crippen molar-refractivity contribution in [3.05, 3.63) is 313 Å². The molecule has 0 spiro atoms. The summed E-state index contributed by atoms with van der Waals surface area (Å²) in [6.45, 7) is 11.8.